The highest BCUT2D eigenvalue weighted by Gasteiger charge is 2.33. The highest BCUT2D eigenvalue weighted by Crippen LogP contribution is 2.26. The van der Waals surface area contributed by atoms with Gasteiger partial charge in [0, 0.05) is 32.2 Å². The Morgan fingerprint density at radius 1 is 1.29 bits per heavy atom. The number of rotatable bonds is 6. The van der Waals surface area contributed by atoms with Gasteiger partial charge in [0.2, 0.25) is 15.9 Å². The number of aliphatic hydroxyl groups is 1. The zero-order chi connectivity index (χ0) is 17.7. The molecule has 24 heavy (non-hydrogen) atoms. The molecule has 1 saturated heterocycles. The van der Waals surface area contributed by atoms with Crippen LogP contribution in [0.5, 0.6) is 0 Å². The summed E-state index contributed by atoms with van der Waals surface area (Å²) in [5.41, 5.74) is 0. The van der Waals surface area contributed by atoms with E-state index in [1.807, 2.05) is 0 Å². The third kappa shape index (κ3) is 4.28. The Balaban J connectivity index is 2.01. The number of benzene rings is 1. The second kappa shape index (κ2) is 8.00. The van der Waals surface area contributed by atoms with Gasteiger partial charge in [-0.25, -0.2) is 17.2 Å². The fraction of sp³-hybridized carbons (Fsp3) is 0.533. The maximum Gasteiger partial charge on any atom is 0.246 e. The van der Waals surface area contributed by atoms with Gasteiger partial charge in [0.05, 0.1) is 0 Å². The highest BCUT2D eigenvalue weighted by atomic mass is 32.2. The van der Waals surface area contributed by atoms with E-state index in [2.05, 4.69) is 5.32 Å². The molecule has 134 valence electrons. The van der Waals surface area contributed by atoms with Gasteiger partial charge >= 0.3 is 0 Å². The zero-order valence-corrected chi connectivity index (χ0v) is 13.9. The molecule has 2 rings (SSSR count). The number of carbonyl (C=O) groups is 1. The molecule has 1 heterocycles. The van der Waals surface area contributed by atoms with Crippen molar-refractivity contribution in [3.8, 4) is 0 Å². The maximum absolute atomic E-state index is 13.7. The lowest BCUT2D eigenvalue weighted by Gasteiger charge is -2.30. The van der Waals surface area contributed by atoms with Crippen LogP contribution in [0.2, 0.25) is 0 Å². The fourth-order valence-electron chi connectivity index (χ4n) is 2.61. The number of hydrogen-bond donors (Lipinski definition) is 2. The minimum absolute atomic E-state index is 0.0177. The molecule has 0 spiro atoms. The smallest absolute Gasteiger partial charge is 0.246 e. The van der Waals surface area contributed by atoms with Crippen molar-refractivity contribution < 1.29 is 27.1 Å². The van der Waals surface area contributed by atoms with Crippen LogP contribution in [-0.4, -0.2) is 50.0 Å². The first-order chi connectivity index (χ1) is 11.4. The molecule has 0 radical (unpaired) electrons. The largest absolute Gasteiger partial charge is 0.396 e. The monoisotopic (exact) mass is 362 g/mol. The van der Waals surface area contributed by atoms with E-state index in [0.717, 1.165) is 16.4 Å². The summed E-state index contributed by atoms with van der Waals surface area (Å²) in [7, 11) is -4.13. The van der Waals surface area contributed by atoms with Crippen LogP contribution in [0.1, 0.15) is 19.3 Å². The number of halogens is 2. The average molecular weight is 362 g/mol. The Bertz CT molecular complexity index is 689. The molecule has 0 unspecified atom stereocenters. The molecule has 2 N–H and O–H groups in total. The van der Waals surface area contributed by atoms with Crippen molar-refractivity contribution in [1.82, 2.24) is 9.62 Å². The molecule has 1 aliphatic heterocycles. The highest BCUT2D eigenvalue weighted by molar-refractivity contribution is 7.89. The number of amides is 1. The molecule has 0 atom stereocenters. The normalized spacial score (nSPS) is 17.0. The van der Waals surface area contributed by atoms with Crippen LogP contribution in [0, 0.1) is 17.6 Å². The van der Waals surface area contributed by atoms with Crippen LogP contribution in [0.3, 0.4) is 0 Å². The number of aliphatic hydroxyl groups excluding tert-OH is 1. The Labute approximate surface area is 139 Å². The SMILES string of the molecule is O=C(NCCCO)C1CCN(S(=O)(=O)c2cc(F)ccc2F)CC1. The average Bonchev–Trinajstić information content (AvgIpc) is 2.57. The first kappa shape index (κ1) is 18.8. The van der Waals surface area contributed by atoms with Gasteiger partial charge in [-0.1, -0.05) is 0 Å². The lowest BCUT2D eigenvalue weighted by Crippen LogP contribution is -2.43. The molecule has 1 aromatic carbocycles. The number of sulfonamides is 1. The number of hydrogen-bond acceptors (Lipinski definition) is 4. The lowest BCUT2D eigenvalue weighted by atomic mass is 9.97. The molecule has 1 aromatic rings. The Morgan fingerprint density at radius 2 is 1.96 bits per heavy atom. The maximum atomic E-state index is 13.7. The van der Waals surface area contributed by atoms with Crippen LogP contribution in [0.15, 0.2) is 23.1 Å². The minimum atomic E-state index is -4.13. The van der Waals surface area contributed by atoms with Crippen LogP contribution >= 0.6 is 0 Å². The number of piperidine rings is 1. The predicted octanol–water partition coefficient (Wildman–Crippen LogP) is 0.864. The van der Waals surface area contributed by atoms with Gasteiger partial charge in [0.25, 0.3) is 0 Å². The van der Waals surface area contributed by atoms with E-state index in [0.29, 0.717) is 31.9 Å². The van der Waals surface area contributed by atoms with Crippen LogP contribution in [-0.2, 0) is 14.8 Å². The summed E-state index contributed by atoms with van der Waals surface area (Å²) in [6.07, 6.45) is 1.07. The van der Waals surface area contributed by atoms with Crippen LogP contribution in [0.25, 0.3) is 0 Å². The van der Waals surface area contributed by atoms with Crippen LogP contribution in [0.4, 0.5) is 8.78 Å². The van der Waals surface area contributed by atoms with Gasteiger partial charge in [-0.05, 0) is 37.5 Å². The molecule has 6 nitrogen and oxygen atoms in total. The number of nitrogens with one attached hydrogen (secondary N) is 1. The van der Waals surface area contributed by atoms with Crippen molar-refractivity contribution in [2.45, 2.75) is 24.2 Å². The van der Waals surface area contributed by atoms with E-state index < -0.39 is 26.6 Å². The van der Waals surface area contributed by atoms with E-state index in [-0.39, 0.29) is 31.5 Å². The van der Waals surface area contributed by atoms with E-state index in [1.54, 1.807) is 0 Å². The second-order valence-electron chi connectivity index (χ2n) is 5.62. The van der Waals surface area contributed by atoms with Crippen molar-refractivity contribution in [2.75, 3.05) is 26.2 Å². The molecule has 1 amide bonds. The fourth-order valence-corrected chi connectivity index (χ4v) is 4.15. The first-order valence-electron chi connectivity index (χ1n) is 7.70. The molecule has 1 aliphatic rings. The summed E-state index contributed by atoms with van der Waals surface area (Å²) in [4.78, 5) is 11.2. The quantitative estimate of drug-likeness (QED) is 0.735. The summed E-state index contributed by atoms with van der Waals surface area (Å²) in [6, 6.07) is 2.30. The third-order valence-corrected chi connectivity index (χ3v) is 5.88. The number of nitrogens with zero attached hydrogens (tertiary/aromatic N) is 1. The third-order valence-electron chi connectivity index (χ3n) is 3.97. The summed E-state index contributed by atoms with van der Waals surface area (Å²) in [5, 5.41) is 11.4. The Morgan fingerprint density at radius 3 is 2.58 bits per heavy atom. The van der Waals surface area contributed by atoms with Gasteiger partial charge < -0.3 is 10.4 Å². The van der Waals surface area contributed by atoms with E-state index >= 15 is 0 Å². The van der Waals surface area contributed by atoms with Crippen LogP contribution < -0.4 is 5.32 Å². The van der Waals surface area contributed by atoms with E-state index in [9.17, 15) is 22.0 Å². The molecule has 0 aliphatic carbocycles. The summed E-state index contributed by atoms with van der Waals surface area (Å²) in [5.74, 6) is -2.33. The molecule has 9 heteroatoms. The Hall–Kier alpha value is -1.58. The van der Waals surface area contributed by atoms with Crippen molar-refractivity contribution >= 4 is 15.9 Å². The standard InChI is InChI=1S/C15H20F2N2O4S/c16-12-2-3-13(17)14(10-12)24(22,23)19-7-4-11(5-8-19)15(21)18-6-1-9-20/h2-3,10-11,20H,1,4-9H2,(H,18,21). The van der Waals surface area contributed by atoms with Crippen molar-refractivity contribution in [3.63, 3.8) is 0 Å². The van der Waals surface area contributed by atoms with Crippen molar-refractivity contribution in [3.05, 3.63) is 29.8 Å². The molecular formula is C15H20F2N2O4S. The molecule has 1 fully saturated rings. The summed E-state index contributed by atoms with van der Waals surface area (Å²) in [6.45, 7) is 0.477. The number of carbonyl (C=O) groups excluding carboxylic acids is 1. The zero-order valence-electron chi connectivity index (χ0n) is 13.0. The summed E-state index contributed by atoms with van der Waals surface area (Å²) < 4.78 is 52.9. The van der Waals surface area contributed by atoms with Crippen molar-refractivity contribution in [1.29, 1.82) is 0 Å². The molecule has 0 aromatic heterocycles. The minimum Gasteiger partial charge on any atom is -0.396 e. The predicted molar refractivity (Wildman–Crippen MR) is 82.6 cm³/mol. The molecular weight excluding hydrogens is 342 g/mol. The van der Waals surface area contributed by atoms with Crippen molar-refractivity contribution in [2.24, 2.45) is 5.92 Å². The van der Waals surface area contributed by atoms with Gasteiger partial charge in [-0.15, -0.1) is 0 Å². The summed E-state index contributed by atoms with van der Waals surface area (Å²) >= 11 is 0. The Kier molecular flexibility index (Phi) is 6.25. The van der Waals surface area contributed by atoms with Gasteiger partial charge in [0.15, 0.2) is 0 Å². The van der Waals surface area contributed by atoms with Gasteiger partial charge in [-0.3, -0.25) is 4.79 Å². The van der Waals surface area contributed by atoms with Gasteiger partial charge in [0.1, 0.15) is 16.5 Å². The van der Waals surface area contributed by atoms with Gasteiger partial charge in [-0.2, -0.15) is 4.31 Å². The molecule has 0 saturated carbocycles. The lowest BCUT2D eigenvalue weighted by molar-refractivity contribution is -0.126. The van der Waals surface area contributed by atoms with E-state index in [1.165, 1.54) is 0 Å². The topological polar surface area (TPSA) is 86.7 Å². The second-order valence-corrected chi connectivity index (χ2v) is 7.53. The van der Waals surface area contributed by atoms with E-state index in [4.69, 9.17) is 5.11 Å². The first-order valence-corrected chi connectivity index (χ1v) is 9.14. The molecule has 0 bridgehead atoms.